The molecule has 1 rings (SSSR count). The van der Waals surface area contributed by atoms with E-state index in [2.05, 4.69) is 11.9 Å². The average molecular weight is 269 g/mol. The predicted molar refractivity (Wildman–Crippen MR) is 75.8 cm³/mol. The highest BCUT2D eigenvalue weighted by Crippen LogP contribution is 2.04. The maximum Gasteiger partial charge on any atom is 0.280 e. The van der Waals surface area contributed by atoms with Crippen LogP contribution in [0.1, 0.15) is 51.3 Å². The van der Waals surface area contributed by atoms with Crippen molar-refractivity contribution in [1.82, 2.24) is 4.98 Å². The van der Waals surface area contributed by atoms with E-state index in [4.69, 9.17) is 9.47 Å². The second-order valence-corrected chi connectivity index (χ2v) is 4.95. The van der Waals surface area contributed by atoms with Crippen molar-refractivity contribution in [2.24, 2.45) is 7.05 Å². The standard InChI is InChI=1S/C15H28N2O2/c1-3-4-5-6-7-8-11-18-12-13-19-14-15-16-9-10-17(15)2/h9-10H,3-8,11-14H2,1-2H3/p+1. The van der Waals surface area contributed by atoms with Crippen molar-refractivity contribution < 1.29 is 14.0 Å². The van der Waals surface area contributed by atoms with Gasteiger partial charge < -0.3 is 9.47 Å². The molecule has 0 aliphatic rings. The third-order valence-corrected chi connectivity index (χ3v) is 3.23. The van der Waals surface area contributed by atoms with E-state index in [0.29, 0.717) is 19.8 Å². The first-order valence-electron chi connectivity index (χ1n) is 7.52. The first-order valence-corrected chi connectivity index (χ1v) is 7.52. The van der Waals surface area contributed by atoms with Gasteiger partial charge in [0.1, 0.15) is 19.0 Å². The Hall–Kier alpha value is -0.870. The first-order chi connectivity index (χ1) is 9.34. The van der Waals surface area contributed by atoms with E-state index >= 15 is 0 Å². The molecule has 0 bridgehead atoms. The first kappa shape index (κ1) is 16.2. The third-order valence-electron chi connectivity index (χ3n) is 3.23. The van der Waals surface area contributed by atoms with Crippen molar-refractivity contribution in [2.75, 3.05) is 19.8 Å². The summed E-state index contributed by atoms with van der Waals surface area (Å²) in [5, 5.41) is 0. The molecule has 0 fully saturated rings. The molecule has 1 heterocycles. The smallest absolute Gasteiger partial charge is 0.280 e. The number of H-pyrrole nitrogens is 1. The Balaban J connectivity index is 1.80. The van der Waals surface area contributed by atoms with E-state index < -0.39 is 0 Å². The molecule has 0 amide bonds. The van der Waals surface area contributed by atoms with E-state index in [-0.39, 0.29) is 0 Å². The fourth-order valence-corrected chi connectivity index (χ4v) is 1.95. The van der Waals surface area contributed by atoms with Crippen LogP contribution >= 0.6 is 0 Å². The van der Waals surface area contributed by atoms with Crippen LogP contribution in [0.15, 0.2) is 12.4 Å². The van der Waals surface area contributed by atoms with Crippen LogP contribution in [0.2, 0.25) is 0 Å². The number of hydrogen-bond donors (Lipinski definition) is 1. The average Bonchev–Trinajstić information content (AvgIpc) is 2.82. The Bertz CT molecular complexity index is 313. The van der Waals surface area contributed by atoms with Gasteiger partial charge in [-0.1, -0.05) is 39.0 Å². The van der Waals surface area contributed by atoms with Gasteiger partial charge in [0.15, 0.2) is 0 Å². The highest BCUT2D eigenvalue weighted by molar-refractivity contribution is 4.73. The number of aromatic nitrogens is 2. The van der Waals surface area contributed by atoms with Crippen molar-refractivity contribution in [3.8, 4) is 0 Å². The van der Waals surface area contributed by atoms with Crippen LogP contribution in [0.5, 0.6) is 0 Å². The summed E-state index contributed by atoms with van der Waals surface area (Å²) < 4.78 is 13.1. The molecular weight excluding hydrogens is 240 g/mol. The van der Waals surface area contributed by atoms with Crippen LogP contribution in [-0.4, -0.2) is 24.8 Å². The molecule has 0 saturated heterocycles. The molecule has 0 aromatic carbocycles. The van der Waals surface area contributed by atoms with Crippen LogP contribution in [0.4, 0.5) is 0 Å². The van der Waals surface area contributed by atoms with Gasteiger partial charge in [0.2, 0.25) is 0 Å². The Morgan fingerprint density at radius 3 is 2.47 bits per heavy atom. The minimum atomic E-state index is 0.615. The van der Waals surface area contributed by atoms with Gasteiger partial charge in [-0.15, -0.1) is 0 Å². The van der Waals surface area contributed by atoms with E-state index in [1.165, 1.54) is 38.5 Å². The lowest BCUT2D eigenvalue weighted by Gasteiger charge is -2.04. The van der Waals surface area contributed by atoms with E-state index in [1.807, 2.05) is 24.0 Å². The zero-order valence-corrected chi connectivity index (χ0v) is 12.5. The van der Waals surface area contributed by atoms with Gasteiger partial charge in [-0.05, 0) is 6.42 Å². The Morgan fingerprint density at radius 2 is 1.74 bits per heavy atom. The molecule has 0 saturated carbocycles. The maximum atomic E-state index is 5.55. The molecular formula is C15H29N2O2+. The molecule has 0 aliphatic carbocycles. The minimum absolute atomic E-state index is 0.615. The van der Waals surface area contributed by atoms with Crippen LogP contribution in [0, 0.1) is 0 Å². The molecule has 1 N–H and O–H groups in total. The van der Waals surface area contributed by atoms with Crippen LogP contribution in [0.25, 0.3) is 0 Å². The summed E-state index contributed by atoms with van der Waals surface area (Å²) in [5.74, 6) is 1.08. The summed E-state index contributed by atoms with van der Waals surface area (Å²) in [7, 11) is 2.00. The molecule has 19 heavy (non-hydrogen) atoms. The van der Waals surface area contributed by atoms with Crippen molar-refractivity contribution in [1.29, 1.82) is 0 Å². The molecule has 0 atom stereocenters. The molecule has 0 spiro atoms. The number of rotatable bonds is 12. The molecule has 1 aromatic heterocycles. The monoisotopic (exact) mass is 269 g/mol. The van der Waals surface area contributed by atoms with Gasteiger partial charge in [-0.3, -0.25) is 0 Å². The number of imidazole rings is 1. The number of ether oxygens (including phenoxy) is 2. The molecule has 0 aliphatic heterocycles. The molecule has 4 heteroatoms. The second kappa shape index (κ2) is 11.0. The summed E-state index contributed by atoms with van der Waals surface area (Å²) >= 11 is 0. The SMILES string of the molecule is CCCCCCCCOCCOCc1[nH]cc[n+]1C. The van der Waals surface area contributed by atoms with E-state index in [0.717, 1.165) is 12.4 Å². The number of aryl methyl sites for hydroxylation is 1. The second-order valence-electron chi connectivity index (χ2n) is 4.95. The normalized spacial score (nSPS) is 11.1. The Kier molecular flexibility index (Phi) is 9.37. The van der Waals surface area contributed by atoms with Gasteiger partial charge in [-0.2, -0.15) is 0 Å². The number of aromatic amines is 1. The van der Waals surface area contributed by atoms with Gasteiger partial charge in [-0.25, -0.2) is 9.55 Å². The zero-order chi connectivity index (χ0) is 13.8. The predicted octanol–water partition coefficient (Wildman–Crippen LogP) is 2.73. The highest BCUT2D eigenvalue weighted by Gasteiger charge is 2.05. The number of unbranched alkanes of at least 4 members (excludes halogenated alkanes) is 5. The van der Waals surface area contributed by atoms with Crippen LogP contribution < -0.4 is 4.57 Å². The Morgan fingerprint density at radius 1 is 1.00 bits per heavy atom. The van der Waals surface area contributed by atoms with Gasteiger partial charge in [0.25, 0.3) is 5.82 Å². The lowest BCUT2D eigenvalue weighted by molar-refractivity contribution is -0.680. The molecule has 110 valence electrons. The maximum absolute atomic E-state index is 5.55. The van der Waals surface area contributed by atoms with Crippen molar-refractivity contribution >= 4 is 0 Å². The summed E-state index contributed by atoms with van der Waals surface area (Å²) in [5.41, 5.74) is 0. The summed E-state index contributed by atoms with van der Waals surface area (Å²) in [6.45, 7) is 5.08. The molecule has 1 aromatic rings. The van der Waals surface area contributed by atoms with Crippen molar-refractivity contribution in [2.45, 2.75) is 52.1 Å². The fourth-order valence-electron chi connectivity index (χ4n) is 1.95. The minimum Gasteiger partial charge on any atom is -0.379 e. The van der Waals surface area contributed by atoms with Gasteiger partial charge in [0.05, 0.1) is 20.3 Å². The lowest BCUT2D eigenvalue weighted by atomic mass is 10.1. The largest absolute Gasteiger partial charge is 0.379 e. The number of nitrogens with zero attached hydrogens (tertiary/aromatic N) is 1. The fraction of sp³-hybridized carbons (Fsp3) is 0.800. The summed E-state index contributed by atoms with van der Waals surface area (Å²) in [4.78, 5) is 3.14. The van der Waals surface area contributed by atoms with Crippen molar-refractivity contribution in [3.05, 3.63) is 18.2 Å². The summed E-state index contributed by atoms with van der Waals surface area (Å²) in [6.07, 6.45) is 11.7. The molecule has 0 radical (unpaired) electrons. The van der Waals surface area contributed by atoms with Gasteiger partial charge in [0, 0.05) is 6.61 Å². The van der Waals surface area contributed by atoms with Crippen LogP contribution in [-0.2, 0) is 23.1 Å². The topological polar surface area (TPSA) is 38.1 Å². The highest BCUT2D eigenvalue weighted by atomic mass is 16.5. The van der Waals surface area contributed by atoms with E-state index in [9.17, 15) is 0 Å². The molecule has 4 nitrogen and oxygen atoms in total. The third kappa shape index (κ3) is 8.01. The number of hydrogen-bond acceptors (Lipinski definition) is 2. The Labute approximate surface area is 117 Å². The zero-order valence-electron chi connectivity index (χ0n) is 12.5. The quantitative estimate of drug-likeness (QED) is 0.468. The summed E-state index contributed by atoms with van der Waals surface area (Å²) in [6, 6.07) is 0. The van der Waals surface area contributed by atoms with Gasteiger partial charge >= 0.3 is 0 Å². The number of nitrogens with one attached hydrogen (secondary N) is 1. The van der Waals surface area contributed by atoms with Crippen molar-refractivity contribution in [3.63, 3.8) is 0 Å². The lowest BCUT2D eigenvalue weighted by Crippen LogP contribution is -2.31. The van der Waals surface area contributed by atoms with Crippen LogP contribution in [0.3, 0.4) is 0 Å². The van der Waals surface area contributed by atoms with E-state index in [1.54, 1.807) is 0 Å². The molecule has 0 unspecified atom stereocenters.